The summed E-state index contributed by atoms with van der Waals surface area (Å²) in [6.07, 6.45) is 0.897. The van der Waals surface area contributed by atoms with Crippen molar-refractivity contribution in [2.75, 3.05) is 26.2 Å². The first-order valence-corrected chi connectivity index (χ1v) is 6.16. The molecule has 5 nitrogen and oxygen atoms in total. The van der Waals surface area contributed by atoms with Crippen LogP contribution in [-0.2, 0) is 14.3 Å². The van der Waals surface area contributed by atoms with E-state index in [-0.39, 0.29) is 31.0 Å². The predicted octanol–water partition coefficient (Wildman–Crippen LogP) is 0.786. The van der Waals surface area contributed by atoms with Crippen LogP contribution in [-0.4, -0.2) is 49.1 Å². The van der Waals surface area contributed by atoms with Crippen molar-refractivity contribution in [3.8, 4) is 0 Å². The largest absolute Gasteiger partial charge is 0.465 e. The third kappa shape index (κ3) is 8.68. The van der Waals surface area contributed by atoms with E-state index >= 15 is 0 Å². The van der Waals surface area contributed by atoms with Crippen molar-refractivity contribution in [3.63, 3.8) is 0 Å². The van der Waals surface area contributed by atoms with E-state index in [9.17, 15) is 9.59 Å². The Hall–Kier alpha value is -1.10. The molecule has 0 fully saturated rings. The predicted molar refractivity (Wildman–Crippen MR) is 66.6 cm³/mol. The molecule has 0 heterocycles. The van der Waals surface area contributed by atoms with E-state index in [2.05, 4.69) is 5.32 Å². The Morgan fingerprint density at radius 2 is 1.88 bits per heavy atom. The first-order chi connectivity index (χ1) is 7.99. The second-order valence-electron chi connectivity index (χ2n) is 4.24. The minimum Gasteiger partial charge on any atom is -0.465 e. The molecule has 0 aliphatic heterocycles. The van der Waals surface area contributed by atoms with E-state index in [1.165, 1.54) is 0 Å². The number of carbonyl (C=O) groups excluding carboxylic acids is 2. The molecule has 1 amide bonds. The van der Waals surface area contributed by atoms with Gasteiger partial charge in [0, 0.05) is 6.04 Å². The molecule has 0 unspecified atom stereocenters. The summed E-state index contributed by atoms with van der Waals surface area (Å²) in [7, 11) is 0. The first-order valence-electron chi connectivity index (χ1n) is 6.16. The first kappa shape index (κ1) is 15.9. The molecule has 0 aliphatic carbocycles. The third-order valence-electron chi connectivity index (χ3n) is 2.01. The lowest BCUT2D eigenvalue weighted by Gasteiger charge is -2.20. The maximum absolute atomic E-state index is 11.6. The molecule has 0 spiro atoms. The van der Waals surface area contributed by atoms with Crippen molar-refractivity contribution in [1.82, 2.24) is 10.2 Å². The lowest BCUT2D eigenvalue weighted by atomic mass is 10.3. The highest BCUT2D eigenvalue weighted by molar-refractivity contribution is 5.79. The van der Waals surface area contributed by atoms with Gasteiger partial charge in [0.05, 0.1) is 19.7 Å². The van der Waals surface area contributed by atoms with E-state index in [4.69, 9.17) is 4.74 Å². The van der Waals surface area contributed by atoms with Gasteiger partial charge < -0.3 is 10.1 Å². The number of esters is 1. The van der Waals surface area contributed by atoms with Gasteiger partial charge in [0.1, 0.15) is 0 Å². The van der Waals surface area contributed by atoms with Crippen LogP contribution in [0.15, 0.2) is 0 Å². The van der Waals surface area contributed by atoms with Crippen molar-refractivity contribution >= 4 is 11.9 Å². The summed E-state index contributed by atoms with van der Waals surface area (Å²) in [6, 6.07) is 0.119. The fourth-order valence-corrected chi connectivity index (χ4v) is 1.49. The highest BCUT2D eigenvalue weighted by atomic mass is 16.5. The van der Waals surface area contributed by atoms with E-state index < -0.39 is 0 Å². The molecule has 0 aromatic heterocycles. The normalized spacial score (nSPS) is 10.7. The van der Waals surface area contributed by atoms with Gasteiger partial charge in [-0.05, 0) is 33.7 Å². The van der Waals surface area contributed by atoms with Crippen molar-refractivity contribution in [1.29, 1.82) is 0 Å². The molecule has 0 atom stereocenters. The summed E-state index contributed by atoms with van der Waals surface area (Å²) in [5.74, 6) is -0.337. The van der Waals surface area contributed by atoms with E-state index in [1.54, 1.807) is 11.8 Å². The van der Waals surface area contributed by atoms with Gasteiger partial charge in [0.2, 0.25) is 5.91 Å². The summed E-state index contributed by atoms with van der Waals surface area (Å²) in [4.78, 5) is 24.7. The second-order valence-corrected chi connectivity index (χ2v) is 4.24. The topological polar surface area (TPSA) is 58.6 Å². The summed E-state index contributed by atoms with van der Waals surface area (Å²) in [6.45, 7) is 9.10. The molecule has 0 aliphatic rings. The molecule has 0 radical (unpaired) electrons. The lowest BCUT2D eigenvalue weighted by Crippen LogP contribution is -2.42. The monoisotopic (exact) mass is 244 g/mol. The molecule has 0 bridgehead atoms. The van der Waals surface area contributed by atoms with Crippen molar-refractivity contribution in [3.05, 3.63) is 0 Å². The number of nitrogens with one attached hydrogen (secondary N) is 1. The van der Waals surface area contributed by atoms with Gasteiger partial charge >= 0.3 is 5.97 Å². The van der Waals surface area contributed by atoms with Crippen LogP contribution in [0, 0.1) is 0 Å². The third-order valence-corrected chi connectivity index (χ3v) is 2.01. The average molecular weight is 244 g/mol. The lowest BCUT2D eigenvalue weighted by molar-refractivity contribution is -0.144. The van der Waals surface area contributed by atoms with Gasteiger partial charge in [-0.2, -0.15) is 0 Å². The van der Waals surface area contributed by atoms with E-state index in [0.717, 1.165) is 6.42 Å². The van der Waals surface area contributed by atoms with Gasteiger partial charge in [-0.25, -0.2) is 0 Å². The van der Waals surface area contributed by atoms with Gasteiger partial charge in [0.15, 0.2) is 0 Å². The Morgan fingerprint density at radius 1 is 1.24 bits per heavy atom. The minimum absolute atomic E-state index is 0.0576. The number of carbonyl (C=O) groups is 2. The summed E-state index contributed by atoms with van der Waals surface area (Å²) in [5, 5.41) is 2.80. The fraction of sp³-hybridized carbons (Fsp3) is 0.833. The maximum Gasteiger partial charge on any atom is 0.320 e. The maximum atomic E-state index is 11.6. The van der Waals surface area contributed by atoms with Gasteiger partial charge in [-0.3, -0.25) is 14.5 Å². The summed E-state index contributed by atoms with van der Waals surface area (Å²) < 4.78 is 4.87. The Bertz CT molecular complexity index is 242. The molecule has 17 heavy (non-hydrogen) atoms. The molecular formula is C12H24N2O3. The Kier molecular flexibility index (Phi) is 8.40. The smallest absolute Gasteiger partial charge is 0.320 e. The Balaban J connectivity index is 4.13. The molecule has 0 rings (SSSR count). The molecule has 5 heteroatoms. The van der Waals surface area contributed by atoms with E-state index in [1.807, 2.05) is 20.8 Å². The molecule has 0 aromatic rings. The molecule has 0 saturated heterocycles. The van der Waals surface area contributed by atoms with Crippen LogP contribution in [0.1, 0.15) is 34.1 Å². The van der Waals surface area contributed by atoms with Gasteiger partial charge in [-0.1, -0.05) is 6.92 Å². The van der Waals surface area contributed by atoms with Crippen molar-refractivity contribution < 1.29 is 14.3 Å². The van der Waals surface area contributed by atoms with Crippen LogP contribution in [0.5, 0.6) is 0 Å². The summed E-state index contributed by atoms with van der Waals surface area (Å²) >= 11 is 0. The number of hydrogen-bond donors (Lipinski definition) is 1. The van der Waals surface area contributed by atoms with Crippen LogP contribution >= 0.6 is 0 Å². The molecule has 1 N–H and O–H groups in total. The Morgan fingerprint density at radius 3 is 2.35 bits per heavy atom. The molecule has 0 saturated carbocycles. The van der Waals surface area contributed by atoms with Crippen molar-refractivity contribution in [2.24, 2.45) is 0 Å². The quantitative estimate of drug-likeness (QED) is 0.641. The average Bonchev–Trinajstić information content (AvgIpc) is 2.16. The van der Waals surface area contributed by atoms with Crippen molar-refractivity contribution in [2.45, 2.75) is 40.2 Å². The van der Waals surface area contributed by atoms with Gasteiger partial charge in [0.25, 0.3) is 0 Å². The minimum atomic E-state index is -0.279. The van der Waals surface area contributed by atoms with Crippen LogP contribution in [0.3, 0.4) is 0 Å². The second kappa shape index (κ2) is 8.98. The standard InChI is InChI=1S/C12H24N2O3/c1-5-7-14(9-12(16)17-6-2)8-11(15)13-10(3)4/h10H,5-9H2,1-4H3,(H,13,15). The van der Waals surface area contributed by atoms with Crippen LogP contribution in [0.4, 0.5) is 0 Å². The van der Waals surface area contributed by atoms with Crippen LogP contribution in [0.2, 0.25) is 0 Å². The van der Waals surface area contributed by atoms with Crippen LogP contribution in [0.25, 0.3) is 0 Å². The molecule has 100 valence electrons. The number of amides is 1. The fourth-order valence-electron chi connectivity index (χ4n) is 1.49. The number of nitrogens with zero attached hydrogens (tertiary/aromatic N) is 1. The number of hydrogen-bond acceptors (Lipinski definition) is 4. The Labute approximate surface area is 103 Å². The summed E-state index contributed by atoms with van der Waals surface area (Å²) in [5.41, 5.74) is 0. The zero-order valence-electron chi connectivity index (χ0n) is 11.3. The highest BCUT2D eigenvalue weighted by Crippen LogP contribution is 1.94. The number of ether oxygens (including phenoxy) is 1. The van der Waals surface area contributed by atoms with Gasteiger partial charge in [-0.15, -0.1) is 0 Å². The zero-order chi connectivity index (χ0) is 13.3. The zero-order valence-corrected chi connectivity index (χ0v) is 11.3. The SMILES string of the molecule is CCCN(CC(=O)NC(C)C)CC(=O)OCC. The molecule has 0 aromatic carbocycles. The molecular weight excluding hydrogens is 220 g/mol. The van der Waals surface area contributed by atoms with E-state index in [0.29, 0.717) is 13.2 Å². The number of rotatable bonds is 8. The van der Waals surface area contributed by atoms with Crippen LogP contribution < -0.4 is 5.32 Å². The highest BCUT2D eigenvalue weighted by Gasteiger charge is 2.14.